The highest BCUT2D eigenvalue weighted by molar-refractivity contribution is 5.98. The topological polar surface area (TPSA) is 69.0 Å². The number of likely N-dealkylation sites (tertiary alicyclic amines) is 1. The van der Waals surface area contributed by atoms with Gasteiger partial charge in [0.05, 0.1) is 25.0 Å². The zero-order valence-corrected chi connectivity index (χ0v) is 16.9. The molecule has 0 radical (unpaired) electrons. The smallest absolute Gasteiger partial charge is 0.340 e. The van der Waals surface area contributed by atoms with Crippen molar-refractivity contribution in [2.75, 3.05) is 33.9 Å². The number of ether oxygens (including phenoxy) is 2. The normalized spacial score (nSPS) is 15.5. The molecule has 0 unspecified atom stereocenters. The largest absolute Gasteiger partial charge is 0.477 e. The standard InChI is InChI=1S/C22H26N4O3/c1-25-12-8-16(9-13-25)10-14-29-20-7-6-19(23-24-20)21-18(22(27)28-2)15-17-5-3-4-11-26(17)21/h3-7,11,15-16H,8-10,12-14H2,1-2H3. The van der Waals surface area contributed by atoms with Gasteiger partial charge in [0.1, 0.15) is 5.69 Å². The second-order valence-electron chi connectivity index (χ2n) is 7.53. The molecule has 4 rings (SSSR count). The molecular weight excluding hydrogens is 368 g/mol. The minimum absolute atomic E-state index is 0.399. The molecular formula is C22H26N4O3. The lowest BCUT2D eigenvalue weighted by atomic mass is 9.94. The van der Waals surface area contributed by atoms with Crippen LogP contribution in [0.2, 0.25) is 0 Å². The van der Waals surface area contributed by atoms with Crippen LogP contribution in [0.3, 0.4) is 0 Å². The first-order valence-electron chi connectivity index (χ1n) is 9.99. The summed E-state index contributed by atoms with van der Waals surface area (Å²) in [5, 5.41) is 8.53. The van der Waals surface area contributed by atoms with E-state index in [0.29, 0.717) is 35.4 Å². The fourth-order valence-electron chi connectivity index (χ4n) is 3.85. The van der Waals surface area contributed by atoms with Crippen LogP contribution >= 0.6 is 0 Å². The quantitative estimate of drug-likeness (QED) is 0.598. The number of hydrogen-bond donors (Lipinski definition) is 0. The molecule has 1 saturated heterocycles. The van der Waals surface area contributed by atoms with Crippen LogP contribution in [0.1, 0.15) is 29.6 Å². The number of aromatic nitrogens is 3. The molecule has 1 fully saturated rings. The molecule has 0 aliphatic carbocycles. The average Bonchev–Trinajstić information content (AvgIpc) is 3.15. The van der Waals surface area contributed by atoms with Crippen molar-refractivity contribution in [2.24, 2.45) is 5.92 Å². The molecule has 29 heavy (non-hydrogen) atoms. The van der Waals surface area contributed by atoms with E-state index in [9.17, 15) is 4.79 Å². The van der Waals surface area contributed by atoms with Gasteiger partial charge in [-0.25, -0.2) is 4.79 Å². The minimum Gasteiger partial charge on any atom is -0.477 e. The second-order valence-corrected chi connectivity index (χ2v) is 7.53. The molecule has 3 aromatic rings. The van der Waals surface area contributed by atoms with E-state index in [1.54, 1.807) is 12.1 Å². The van der Waals surface area contributed by atoms with Gasteiger partial charge in [-0.05, 0) is 69.6 Å². The first-order chi connectivity index (χ1) is 14.2. The summed E-state index contributed by atoms with van der Waals surface area (Å²) >= 11 is 0. The Labute approximate surface area is 170 Å². The fourth-order valence-corrected chi connectivity index (χ4v) is 3.85. The summed E-state index contributed by atoms with van der Waals surface area (Å²) in [6.45, 7) is 2.96. The molecule has 0 aromatic carbocycles. The van der Waals surface area contributed by atoms with Crippen LogP contribution in [0.15, 0.2) is 42.6 Å². The van der Waals surface area contributed by atoms with E-state index in [2.05, 4.69) is 22.1 Å². The monoisotopic (exact) mass is 394 g/mol. The maximum atomic E-state index is 12.2. The molecule has 0 bridgehead atoms. The molecule has 0 atom stereocenters. The van der Waals surface area contributed by atoms with Crippen molar-refractivity contribution in [3.63, 3.8) is 0 Å². The van der Waals surface area contributed by atoms with Crippen molar-refractivity contribution >= 4 is 11.5 Å². The van der Waals surface area contributed by atoms with Crippen molar-refractivity contribution in [1.82, 2.24) is 19.5 Å². The van der Waals surface area contributed by atoms with Gasteiger partial charge in [0.2, 0.25) is 5.88 Å². The van der Waals surface area contributed by atoms with E-state index in [-0.39, 0.29) is 0 Å². The van der Waals surface area contributed by atoms with Gasteiger partial charge >= 0.3 is 5.97 Å². The number of pyridine rings is 1. The van der Waals surface area contributed by atoms with Crippen LogP contribution in [-0.4, -0.2) is 59.3 Å². The van der Waals surface area contributed by atoms with E-state index in [1.807, 2.05) is 34.9 Å². The Hall–Kier alpha value is -2.93. The highest BCUT2D eigenvalue weighted by Crippen LogP contribution is 2.27. The van der Waals surface area contributed by atoms with E-state index in [4.69, 9.17) is 9.47 Å². The van der Waals surface area contributed by atoms with Gasteiger partial charge < -0.3 is 18.8 Å². The van der Waals surface area contributed by atoms with Crippen molar-refractivity contribution in [2.45, 2.75) is 19.3 Å². The van der Waals surface area contributed by atoms with Crippen molar-refractivity contribution in [3.8, 4) is 17.3 Å². The summed E-state index contributed by atoms with van der Waals surface area (Å²) in [4.78, 5) is 14.6. The summed E-state index contributed by atoms with van der Waals surface area (Å²) in [6.07, 6.45) is 5.38. The average molecular weight is 394 g/mol. The lowest BCUT2D eigenvalue weighted by Gasteiger charge is -2.28. The molecule has 0 saturated carbocycles. The van der Waals surface area contributed by atoms with Crippen molar-refractivity contribution < 1.29 is 14.3 Å². The molecule has 7 heteroatoms. The number of piperidine rings is 1. The molecule has 4 heterocycles. The Morgan fingerprint density at radius 1 is 1.17 bits per heavy atom. The van der Waals surface area contributed by atoms with Crippen LogP contribution < -0.4 is 4.74 Å². The fraction of sp³-hybridized carbons (Fsp3) is 0.409. The Bertz CT molecular complexity index is 975. The number of esters is 1. The molecule has 0 amide bonds. The number of hydrogen-bond acceptors (Lipinski definition) is 6. The molecule has 0 N–H and O–H groups in total. The second kappa shape index (κ2) is 8.61. The molecule has 152 valence electrons. The summed E-state index contributed by atoms with van der Waals surface area (Å²) < 4.78 is 12.7. The Balaban J connectivity index is 1.47. The molecule has 3 aromatic heterocycles. The maximum absolute atomic E-state index is 12.2. The van der Waals surface area contributed by atoms with Gasteiger partial charge in [0, 0.05) is 17.8 Å². The lowest BCUT2D eigenvalue weighted by Crippen LogP contribution is -2.30. The molecule has 0 spiro atoms. The summed E-state index contributed by atoms with van der Waals surface area (Å²) in [6, 6.07) is 11.2. The van der Waals surface area contributed by atoms with Gasteiger partial charge in [0.25, 0.3) is 0 Å². The maximum Gasteiger partial charge on any atom is 0.340 e. The van der Waals surface area contributed by atoms with Gasteiger partial charge in [-0.15, -0.1) is 10.2 Å². The van der Waals surface area contributed by atoms with E-state index in [1.165, 1.54) is 20.0 Å². The molecule has 1 aliphatic heterocycles. The first-order valence-corrected chi connectivity index (χ1v) is 9.99. The predicted molar refractivity (Wildman–Crippen MR) is 110 cm³/mol. The van der Waals surface area contributed by atoms with E-state index >= 15 is 0 Å². The van der Waals surface area contributed by atoms with Crippen LogP contribution in [0, 0.1) is 5.92 Å². The van der Waals surface area contributed by atoms with Crippen LogP contribution in [0.5, 0.6) is 5.88 Å². The Morgan fingerprint density at radius 3 is 2.72 bits per heavy atom. The first kappa shape index (κ1) is 19.4. The zero-order chi connectivity index (χ0) is 20.2. The number of fused-ring (bicyclic) bond motifs is 1. The summed E-state index contributed by atoms with van der Waals surface area (Å²) in [5.41, 5.74) is 2.61. The molecule has 1 aliphatic rings. The number of carbonyl (C=O) groups is 1. The Morgan fingerprint density at radius 2 is 2.00 bits per heavy atom. The molecule has 7 nitrogen and oxygen atoms in total. The van der Waals surface area contributed by atoms with Crippen LogP contribution in [-0.2, 0) is 4.74 Å². The van der Waals surface area contributed by atoms with Crippen molar-refractivity contribution in [3.05, 3.63) is 48.2 Å². The van der Waals surface area contributed by atoms with Crippen molar-refractivity contribution in [1.29, 1.82) is 0 Å². The van der Waals surface area contributed by atoms with Gasteiger partial charge in [-0.2, -0.15) is 0 Å². The third-order valence-corrected chi connectivity index (χ3v) is 5.58. The number of rotatable bonds is 6. The van der Waals surface area contributed by atoms with E-state index in [0.717, 1.165) is 25.0 Å². The van der Waals surface area contributed by atoms with Crippen LogP contribution in [0.4, 0.5) is 0 Å². The minimum atomic E-state index is -0.399. The van der Waals surface area contributed by atoms with E-state index < -0.39 is 5.97 Å². The lowest BCUT2D eigenvalue weighted by molar-refractivity contribution is 0.0602. The number of carbonyl (C=O) groups excluding carboxylic acids is 1. The SMILES string of the molecule is COC(=O)c1cc2ccccn2c1-c1ccc(OCCC2CCN(C)CC2)nn1. The highest BCUT2D eigenvalue weighted by atomic mass is 16.5. The predicted octanol–water partition coefficient (Wildman–Crippen LogP) is 3.29. The Kier molecular flexibility index (Phi) is 5.76. The summed E-state index contributed by atoms with van der Waals surface area (Å²) in [7, 11) is 3.55. The summed E-state index contributed by atoms with van der Waals surface area (Å²) in [5.74, 6) is 0.819. The van der Waals surface area contributed by atoms with Gasteiger partial charge in [-0.1, -0.05) is 6.07 Å². The number of nitrogens with zero attached hydrogens (tertiary/aromatic N) is 4. The van der Waals surface area contributed by atoms with Gasteiger partial charge in [0.15, 0.2) is 0 Å². The van der Waals surface area contributed by atoms with Crippen LogP contribution in [0.25, 0.3) is 16.9 Å². The zero-order valence-electron chi connectivity index (χ0n) is 16.9. The third kappa shape index (κ3) is 4.24. The van der Waals surface area contributed by atoms with Gasteiger partial charge in [-0.3, -0.25) is 0 Å². The third-order valence-electron chi connectivity index (χ3n) is 5.58. The number of methoxy groups -OCH3 is 1. The highest BCUT2D eigenvalue weighted by Gasteiger charge is 2.20.